The number of nitro groups is 1. The third kappa shape index (κ3) is 3.19. The highest BCUT2D eigenvalue weighted by atomic mass is 79.9. The second kappa shape index (κ2) is 5.66. The van der Waals surface area contributed by atoms with Crippen molar-refractivity contribution in [2.24, 2.45) is 0 Å². The minimum atomic E-state index is -0.495. The van der Waals surface area contributed by atoms with E-state index in [1.165, 1.54) is 31.5 Å². The molecule has 0 aliphatic carbocycles. The summed E-state index contributed by atoms with van der Waals surface area (Å²) in [4.78, 5) is 14.2. The van der Waals surface area contributed by atoms with Gasteiger partial charge in [0.15, 0.2) is 11.5 Å². The Balaban J connectivity index is 2.37. The molecular formula is C12H9BrN2O4. The number of methoxy groups -OCH3 is 1. The lowest BCUT2D eigenvalue weighted by Crippen LogP contribution is -1.94. The molecule has 0 atom stereocenters. The molecule has 0 saturated carbocycles. The Kier molecular flexibility index (Phi) is 3.96. The van der Waals surface area contributed by atoms with Crippen LogP contribution in [0.4, 0.5) is 5.69 Å². The van der Waals surface area contributed by atoms with E-state index in [0.29, 0.717) is 11.5 Å². The van der Waals surface area contributed by atoms with E-state index in [9.17, 15) is 10.1 Å². The Morgan fingerprint density at radius 3 is 2.68 bits per heavy atom. The van der Waals surface area contributed by atoms with Crippen molar-refractivity contribution in [1.29, 1.82) is 0 Å². The van der Waals surface area contributed by atoms with E-state index in [2.05, 4.69) is 20.9 Å². The summed E-state index contributed by atoms with van der Waals surface area (Å²) in [5.74, 6) is 1.12. The topological polar surface area (TPSA) is 74.5 Å². The molecule has 0 N–H and O–H groups in total. The van der Waals surface area contributed by atoms with E-state index < -0.39 is 4.92 Å². The van der Waals surface area contributed by atoms with Crippen LogP contribution in [-0.4, -0.2) is 17.0 Å². The molecule has 1 aromatic carbocycles. The zero-order valence-electron chi connectivity index (χ0n) is 9.87. The fourth-order valence-electron chi connectivity index (χ4n) is 1.43. The molecule has 2 rings (SSSR count). The van der Waals surface area contributed by atoms with Gasteiger partial charge >= 0.3 is 0 Å². The Morgan fingerprint density at radius 1 is 1.26 bits per heavy atom. The first kappa shape index (κ1) is 13.3. The lowest BCUT2D eigenvalue weighted by atomic mass is 10.3. The number of ether oxygens (including phenoxy) is 2. The van der Waals surface area contributed by atoms with Crippen LogP contribution in [0.3, 0.4) is 0 Å². The average molecular weight is 325 g/mol. The second-order valence-corrected chi connectivity index (χ2v) is 4.45. The van der Waals surface area contributed by atoms with E-state index in [-0.39, 0.29) is 11.4 Å². The highest BCUT2D eigenvalue weighted by Gasteiger charge is 2.13. The third-order valence-corrected chi connectivity index (χ3v) is 2.70. The molecule has 98 valence electrons. The van der Waals surface area contributed by atoms with Crippen LogP contribution in [0.5, 0.6) is 17.2 Å². The number of aromatic nitrogens is 1. The molecule has 1 heterocycles. The van der Waals surface area contributed by atoms with Crippen molar-refractivity contribution in [3.63, 3.8) is 0 Å². The minimum absolute atomic E-state index is 0.0706. The normalized spacial score (nSPS) is 10.0. The zero-order valence-corrected chi connectivity index (χ0v) is 11.5. The molecule has 0 aliphatic heterocycles. The van der Waals surface area contributed by atoms with Gasteiger partial charge in [-0.1, -0.05) is 0 Å². The van der Waals surface area contributed by atoms with Crippen molar-refractivity contribution in [2.45, 2.75) is 0 Å². The molecular weight excluding hydrogens is 316 g/mol. The van der Waals surface area contributed by atoms with Crippen LogP contribution in [0.25, 0.3) is 0 Å². The van der Waals surface area contributed by atoms with Crippen molar-refractivity contribution >= 4 is 21.6 Å². The van der Waals surface area contributed by atoms with Gasteiger partial charge in [0.2, 0.25) is 0 Å². The van der Waals surface area contributed by atoms with E-state index in [1.807, 2.05) is 0 Å². The fraction of sp³-hybridized carbons (Fsp3) is 0.0833. The summed E-state index contributed by atoms with van der Waals surface area (Å²) in [5.41, 5.74) is -0.0706. The summed E-state index contributed by atoms with van der Waals surface area (Å²) in [6.07, 6.45) is 3.11. The highest BCUT2D eigenvalue weighted by Crippen LogP contribution is 2.34. The quantitative estimate of drug-likeness (QED) is 0.635. The van der Waals surface area contributed by atoms with Crippen LogP contribution in [0.2, 0.25) is 0 Å². The Morgan fingerprint density at radius 2 is 2.05 bits per heavy atom. The largest absolute Gasteiger partial charge is 0.493 e. The van der Waals surface area contributed by atoms with E-state index in [4.69, 9.17) is 9.47 Å². The van der Waals surface area contributed by atoms with Crippen molar-refractivity contribution in [3.8, 4) is 17.2 Å². The monoisotopic (exact) mass is 324 g/mol. The summed E-state index contributed by atoms with van der Waals surface area (Å²) in [7, 11) is 1.47. The van der Waals surface area contributed by atoms with Crippen LogP contribution < -0.4 is 9.47 Å². The van der Waals surface area contributed by atoms with Crippen molar-refractivity contribution in [2.75, 3.05) is 7.11 Å². The Labute approximate surface area is 117 Å². The number of non-ortho nitro benzene ring substituents is 1. The van der Waals surface area contributed by atoms with Gasteiger partial charge in [0.1, 0.15) is 5.75 Å². The summed E-state index contributed by atoms with van der Waals surface area (Å²) < 4.78 is 11.4. The van der Waals surface area contributed by atoms with Crippen molar-refractivity contribution < 1.29 is 14.4 Å². The maximum atomic E-state index is 10.7. The van der Waals surface area contributed by atoms with Gasteiger partial charge in [0.25, 0.3) is 5.69 Å². The van der Waals surface area contributed by atoms with Crippen molar-refractivity contribution in [1.82, 2.24) is 4.98 Å². The molecule has 0 aliphatic rings. The fourth-order valence-corrected chi connectivity index (χ4v) is 1.78. The van der Waals surface area contributed by atoms with Crippen LogP contribution in [0.15, 0.2) is 41.1 Å². The Bertz CT molecular complexity index is 618. The number of hydrogen-bond donors (Lipinski definition) is 0. The maximum Gasteiger partial charge on any atom is 0.273 e. The first-order chi connectivity index (χ1) is 9.10. The molecule has 0 unspecified atom stereocenters. The van der Waals surface area contributed by atoms with Gasteiger partial charge in [0, 0.05) is 16.7 Å². The van der Waals surface area contributed by atoms with Crippen LogP contribution in [0.1, 0.15) is 0 Å². The molecule has 1 aromatic heterocycles. The number of nitrogens with zero attached hydrogens (tertiary/aromatic N) is 2. The number of hydrogen-bond acceptors (Lipinski definition) is 5. The molecule has 2 aromatic rings. The number of pyridine rings is 1. The van der Waals surface area contributed by atoms with Gasteiger partial charge in [-0.2, -0.15) is 0 Å². The van der Waals surface area contributed by atoms with E-state index in [0.717, 1.165) is 4.47 Å². The summed E-state index contributed by atoms with van der Waals surface area (Å²) >= 11 is 3.27. The zero-order chi connectivity index (χ0) is 13.8. The van der Waals surface area contributed by atoms with Gasteiger partial charge in [-0.25, -0.2) is 0 Å². The molecule has 6 nitrogen and oxygen atoms in total. The molecule has 19 heavy (non-hydrogen) atoms. The Hall–Kier alpha value is -2.15. The molecule has 0 bridgehead atoms. The van der Waals surface area contributed by atoms with Crippen molar-refractivity contribution in [3.05, 3.63) is 51.2 Å². The predicted molar refractivity (Wildman–Crippen MR) is 71.7 cm³/mol. The van der Waals surface area contributed by atoms with Crippen LogP contribution in [-0.2, 0) is 0 Å². The number of rotatable bonds is 4. The number of halogens is 1. The standard InChI is InChI=1S/C12H9BrN2O4/c1-18-11-3-2-9(15(16)17)5-12(11)19-10-4-8(13)6-14-7-10/h2-7H,1H3. The van der Waals surface area contributed by atoms with Gasteiger partial charge in [-0.15, -0.1) is 0 Å². The van der Waals surface area contributed by atoms with Crippen LogP contribution >= 0.6 is 15.9 Å². The predicted octanol–water partition coefficient (Wildman–Crippen LogP) is 3.55. The van der Waals surface area contributed by atoms with Crippen LogP contribution in [0, 0.1) is 10.1 Å². The molecule has 0 radical (unpaired) electrons. The van der Waals surface area contributed by atoms with Gasteiger partial charge in [-0.3, -0.25) is 15.1 Å². The van der Waals surface area contributed by atoms with E-state index in [1.54, 1.807) is 12.3 Å². The second-order valence-electron chi connectivity index (χ2n) is 3.53. The van der Waals surface area contributed by atoms with E-state index >= 15 is 0 Å². The molecule has 7 heteroatoms. The first-order valence-corrected chi connectivity index (χ1v) is 6.00. The van der Waals surface area contributed by atoms with Gasteiger partial charge in [-0.05, 0) is 28.1 Å². The SMILES string of the molecule is COc1ccc([N+](=O)[O-])cc1Oc1cncc(Br)c1. The summed E-state index contributed by atoms with van der Waals surface area (Å²) in [6, 6.07) is 5.84. The molecule has 0 fully saturated rings. The summed E-state index contributed by atoms with van der Waals surface area (Å²) in [6.45, 7) is 0. The molecule has 0 amide bonds. The molecule has 0 saturated heterocycles. The first-order valence-electron chi connectivity index (χ1n) is 5.21. The smallest absolute Gasteiger partial charge is 0.273 e. The molecule has 0 spiro atoms. The lowest BCUT2D eigenvalue weighted by Gasteiger charge is -2.09. The number of nitro benzene ring substituents is 1. The average Bonchev–Trinajstić information content (AvgIpc) is 2.38. The third-order valence-electron chi connectivity index (χ3n) is 2.27. The van der Waals surface area contributed by atoms with Gasteiger partial charge in [0.05, 0.1) is 24.3 Å². The maximum absolute atomic E-state index is 10.7. The minimum Gasteiger partial charge on any atom is -0.493 e. The number of benzene rings is 1. The van der Waals surface area contributed by atoms with Gasteiger partial charge < -0.3 is 9.47 Å². The highest BCUT2D eigenvalue weighted by molar-refractivity contribution is 9.10. The lowest BCUT2D eigenvalue weighted by molar-refractivity contribution is -0.384. The summed E-state index contributed by atoms with van der Waals surface area (Å²) in [5, 5.41) is 10.7.